The summed E-state index contributed by atoms with van der Waals surface area (Å²) in [5.74, 6) is 0.719. The summed E-state index contributed by atoms with van der Waals surface area (Å²) in [6, 6.07) is -0.628. The average Bonchev–Trinajstić information content (AvgIpc) is 2.86. The third-order valence-electron chi connectivity index (χ3n) is 3.22. The SMILES string of the molecule is COC(OC)C(C(N)=S)n1nc(N2CCOCC2)nc1N. The average molecular weight is 316 g/mol. The smallest absolute Gasteiger partial charge is 0.246 e. The number of aromatic nitrogens is 3. The molecular formula is C11H20N6O3S. The minimum absolute atomic E-state index is 0.161. The highest BCUT2D eigenvalue weighted by atomic mass is 32.1. The van der Waals surface area contributed by atoms with Crippen LogP contribution in [0.1, 0.15) is 6.04 Å². The monoisotopic (exact) mass is 316 g/mol. The third kappa shape index (κ3) is 3.40. The van der Waals surface area contributed by atoms with E-state index in [9.17, 15) is 0 Å². The van der Waals surface area contributed by atoms with Crippen LogP contribution in [0.15, 0.2) is 0 Å². The van der Waals surface area contributed by atoms with Crippen LogP contribution in [0, 0.1) is 0 Å². The molecule has 0 bridgehead atoms. The van der Waals surface area contributed by atoms with Crippen LogP contribution in [0.25, 0.3) is 0 Å². The summed E-state index contributed by atoms with van der Waals surface area (Å²) in [6.45, 7) is 2.68. The molecule has 118 valence electrons. The van der Waals surface area contributed by atoms with Crippen LogP contribution in [-0.2, 0) is 14.2 Å². The Morgan fingerprint density at radius 1 is 1.33 bits per heavy atom. The van der Waals surface area contributed by atoms with Gasteiger partial charge in [0.05, 0.1) is 13.2 Å². The predicted octanol–water partition coefficient (Wildman–Crippen LogP) is -0.857. The highest BCUT2D eigenvalue weighted by Gasteiger charge is 2.30. The fourth-order valence-corrected chi connectivity index (χ4v) is 2.36. The topological polar surface area (TPSA) is 114 Å². The molecule has 9 nitrogen and oxygen atoms in total. The molecule has 0 radical (unpaired) electrons. The lowest BCUT2D eigenvalue weighted by molar-refractivity contribution is -0.119. The van der Waals surface area contributed by atoms with Gasteiger partial charge in [0.15, 0.2) is 12.3 Å². The second kappa shape index (κ2) is 6.98. The first-order valence-electron chi connectivity index (χ1n) is 6.48. The maximum atomic E-state index is 5.94. The summed E-state index contributed by atoms with van der Waals surface area (Å²) < 4.78 is 17.2. The normalized spacial score (nSPS) is 17.2. The summed E-state index contributed by atoms with van der Waals surface area (Å²) >= 11 is 5.07. The first-order valence-corrected chi connectivity index (χ1v) is 6.89. The molecule has 1 aromatic heterocycles. The van der Waals surface area contributed by atoms with Gasteiger partial charge in [-0.15, -0.1) is 5.10 Å². The summed E-state index contributed by atoms with van der Waals surface area (Å²) in [5, 5.41) is 4.40. The van der Waals surface area contributed by atoms with Crippen LogP contribution >= 0.6 is 12.2 Å². The van der Waals surface area contributed by atoms with Crippen LogP contribution in [0.4, 0.5) is 11.9 Å². The van der Waals surface area contributed by atoms with Gasteiger partial charge in [0.2, 0.25) is 11.9 Å². The van der Waals surface area contributed by atoms with E-state index in [1.165, 1.54) is 18.9 Å². The number of methoxy groups -OCH3 is 2. The number of hydrogen-bond acceptors (Lipinski definition) is 8. The van der Waals surface area contributed by atoms with Crippen LogP contribution in [0.3, 0.4) is 0 Å². The molecule has 10 heteroatoms. The Balaban J connectivity index is 2.28. The largest absolute Gasteiger partial charge is 0.391 e. The third-order valence-corrected chi connectivity index (χ3v) is 3.46. The Labute approximate surface area is 128 Å². The first-order chi connectivity index (χ1) is 10.1. The van der Waals surface area contributed by atoms with Crippen molar-refractivity contribution in [2.24, 2.45) is 5.73 Å². The maximum absolute atomic E-state index is 5.94. The van der Waals surface area contributed by atoms with Crippen molar-refractivity contribution in [3.63, 3.8) is 0 Å². The van der Waals surface area contributed by atoms with Crippen LogP contribution in [0.5, 0.6) is 0 Å². The molecule has 0 aromatic carbocycles. The van der Waals surface area contributed by atoms with Gasteiger partial charge in [-0.1, -0.05) is 12.2 Å². The Kier molecular flexibility index (Phi) is 5.28. The minimum Gasteiger partial charge on any atom is -0.391 e. The maximum Gasteiger partial charge on any atom is 0.246 e. The fraction of sp³-hybridized carbons (Fsp3) is 0.727. The van der Waals surface area contributed by atoms with E-state index < -0.39 is 12.3 Å². The predicted molar refractivity (Wildman–Crippen MR) is 81.1 cm³/mol. The van der Waals surface area contributed by atoms with Crippen LogP contribution in [-0.4, -0.2) is 66.6 Å². The lowest BCUT2D eigenvalue weighted by atomic mass is 10.3. The van der Waals surface area contributed by atoms with E-state index in [1.807, 2.05) is 4.90 Å². The summed E-state index contributed by atoms with van der Waals surface area (Å²) in [4.78, 5) is 6.41. The van der Waals surface area contributed by atoms with E-state index in [0.29, 0.717) is 32.3 Å². The highest BCUT2D eigenvalue weighted by molar-refractivity contribution is 7.80. The van der Waals surface area contributed by atoms with Crippen molar-refractivity contribution in [3.05, 3.63) is 0 Å². The van der Waals surface area contributed by atoms with E-state index in [-0.39, 0.29) is 10.9 Å². The number of nitrogen functional groups attached to an aromatic ring is 1. The summed E-state index contributed by atoms with van der Waals surface area (Å²) in [7, 11) is 2.99. The van der Waals surface area contributed by atoms with Gasteiger partial charge in [-0.2, -0.15) is 4.98 Å². The van der Waals surface area contributed by atoms with Gasteiger partial charge in [-0.25, -0.2) is 4.68 Å². The van der Waals surface area contributed by atoms with Gasteiger partial charge < -0.3 is 30.6 Å². The minimum atomic E-state index is -0.691. The molecule has 1 fully saturated rings. The Morgan fingerprint density at radius 3 is 2.48 bits per heavy atom. The number of anilines is 2. The molecule has 1 saturated heterocycles. The number of nitrogens with zero attached hydrogens (tertiary/aromatic N) is 4. The second-order valence-corrected chi connectivity index (χ2v) is 4.97. The van der Waals surface area contributed by atoms with Gasteiger partial charge in [-0.3, -0.25) is 0 Å². The number of nitrogens with two attached hydrogens (primary N) is 2. The molecule has 1 unspecified atom stereocenters. The van der Waals surface area contributed by atoms with Crippen LogP contribution in [0.2, 0.25) is 0 Å². The molecule has 1 aliphatic rings. The quantitative estimate of drug-likeness (QED) is 0.511. The van der Waals surface area contributed by atoms with E-state index in [4.69, 9.17) is 37.9 Å². The van der Waals surface area contributed by atoms with Gasteiger partial charge in [0.25, 0.3) is 0 Å². The van der Waals surface area contributed by atoms with Crippen molar-refractivity contribution in [1.29, 1.82) is 0 Å². The molecule has 0 spiro atoms. The number of morpholine rings is 1. The molecule has 0 aliphatic carbocycles. The number of rotatable bonds is 6. The summed E-state index contributed by atoms with van der Waals surface area (Å²) in [6.07, 6.45) is -0.691. The fourth-order valence-electron chi connectivity index (χ4n) is 2.15. The summed E-state index contributed by atoms with van der Waals surface area (Å²) in [5.41, 5.74) is 11.7. The molecule has 1 aliphatic heterocycles. The zero-order valence-electron chi connectivity index (χ0n) is 12.1. The van der Waals surface area contributed by atoms with Crippen molar-refractivity contribution in [1.82, 2.24) is 14.8 Å². The van der Waals surface area contributed by atoms with Gasteiger partial charge in [0, 0.05) is 27.3 Å². The van der Waals surface area contributed by atoms with Crippen molar-refractivity contribution in [2.45, 2.75) is 12.3 Å². The molecule has 21 heavy (non-hydrogen) atoms. The highest BCUT2D eigenvalue weighted by Crippen LogP contribution is 2.21. The Morgan fingerprint density at radius 2 is 1.95 bits per heavy atom. The Bertz CT molecular complexity index is 486. The van der Waals surface area contributed by atoms with Crippen molar-refractivity contribution >= 4 is 29.1 Å². The van der Waals surface area contributed by atoms with Gasteiger partial charge in [0.1, 0.15) is 4.99 Å². The van der Waals surface area contributed by atoms with Crippen molar-refractivity contribution in [2.75, 3.05) is 51.2 Å². The zero-order chi connectivity index (χ0) is 15.4. The zero-order valence-corrected chi connectivity index (χ0v) is 12.9. The molecule has 0 saturated carbocycles. The standard InChI is InChI=1S/C11H20N6O3S/c1-18-9(19-2)7(8(12)21)17-10(13)14-11(15-17)16-3-5-20-6-4-16/h7,9H,3-6H2,1-2H3,(H2,12,21)(H2,13,14,15). The van der Waals surface area contributed by atoms with E-state index >= 15 is 0 Å². The molecule has 1 atom stereocenters. The van der Waals surface area contributed by atoms with Crippen molar-refractivity contribution < 1.29 is 14.2 Å². The molecule has 0 amide bonds. The van der Waals surface area contributed by atoms with Crippen LogP contribution < -0.4 is 16.4 Å². The van der Waals surface area contributed by atoms with Gasteiger partial charge in [-0.05, 0) is 0 Å². The Hall–Kier alpha value is -1.49. The first kappa shape index (κ1) is 15.9. The van der Waals surface area contributed by atoms with E-state index in [0.717, 1.165) is 0 Å². The molecule has 4 N–H and O–H groups in total. The molecule has 2 heterocycles. The van der Waals surface area contributed by atoms with E-state index in [2.05, 4.69) is 10.1 Å². The lowest BCUT2D eigenvalue weighted by Gasteiger charge is -2.26. The number of hydrogen-bond donors (Lipinski definition) is 2. The lowest BCUT2D eigenvalue weighted by Crippen LogP contribution is -2.39. The number of ether oxygens (including phenoxy) is 3. The molecule has 1 aromatic rings. The number of thiocarbonyl (C=S) groups is 1. The van der Waals surface area contributed by atoms with Gasteiger partial charge >= 0.3 is 0 Å². The van der Waals surface area contributed by atoms with Crippen molar-refractivity contribution in [3.8, 4) is 0 Å². The molecule has 2 rings (SSSR count). The second-order valence-electron chi connectivity index (χ2n) is 4.50. The molecular weight excluding hydrogens is 296 g/mol. The van der Waals surface area contributed by atoms with E-state index in [1.54, 1.807) is 0 Å².